The smallest absolute Gasteiger partial charge is 0.335 e. The second kappa shape index (κ2) is 17.5. The average Bonchev–Trinajstić information content (AvgIpc) is 3.40. The van der Waals surface area contributed by atoms with Gasteiger partial charge in [0.1, 0.15) is 22.4 Å². The first-order valence-corrected chi connectivity index (χ1v) is 18.0. The molecule has 3 fully saturated rings. The lowest BCUT2D eigenvalue weighted by molar-refractivity contribution is -0.122. The van der Waals surface area contributed by atoms with Crippen LogP contribution in [0.1, 0.15) is 27.9 Å². The van der Waals surface area contributed by atoms with E-state index in [0.29, 0.717) is 96.5 Å². The summed E-state index contributed by atoms with van der Waals surface area (Å²) >= 11 is 6.79. The van der Waals surface area contributed by atoms with Crippen molar-refractivity contribution in [3.8, 4) is 22.6 Å². The summed E-state index contributed by atoms with van der Waals surface area (Å²) in [6, 6.07) is 13.9. The summed E-state index contributed by atoms with van der Waals surface area (Å²) in [7, 11) is 0. The molecule has 0 bridgehead atoms. The van der Waals surface area contributed by atoms with Gasteiger partial charge in [0, 0.05) is 56.9 Å². The fraction of sp³-hybridized carbons (Fsp3) is 0.378. The number of rotatable bonds is 14. The van der Waals surface area contributed by atoms with Gasteiger partial charge in [0.15, 0.2) is 11.6 Å². The maximum Gasteiger partial charge on any atom is 0.335 e. The van der Waals surface area contributed by atoms with E-state index in [9.17, 15) is 23.5 Å². The minimum absolute atomic E-state index is 0.191. The number of halogens is 2. The number of morpholine rings is 2. The van der Waals surface area contributed by atoms with E-state index < -0.39 is 17.6 Å². The van der Waals surface area contributed by atoms with Gasteiger partial charge in [-0.15, -0.1) is 0 Å². The van der Waals surface area contributed by atoms with Gasteiger partial charge in [-0.2, -0.15) is 0 Å². The number of carboxylic acid groups (broad SMARTS) is 1. The molecule has 14 heteroatoms. The molecular formula is C37H39F2N3O7S2. The summed E-state index contributed by atoms with van der Waals surface area (Å²) in [5.74, 6) is -1.99. The average molecular weight is 740 g/mol. The van der Waals surface area contributed by atoms with Crippen LogP contribution in [0.2, 0.25) is 0 Å². The van der Waals surface area contributed by atoms with E-state index in [1.807, 2.05) is 0 Å². The lowest BCUT2D eigenvalue weighted by atomic mass is 10.0. The molecule has 0 spiro atoms. The highest BCUT2D eigenvalue weighted by Crippen LogP contribution is 2.36. The van der Waals surface area contributed by atoms with Crippen LogP contribution < -0.4 is 9.47 Å². The van der Waals surface area contributed by atoms with Crippen molar-refractivity contribution in [2.24, 2.45) is 0 Å². The van der Waals surface area contributed by atoms with E-state index in [2.05, 4.69) is 9.80 Å². The van der Waals surface area contributed by atoms with Crippen molar-refractivity contribution in [2.45, 2.75) is 13.0 Å². The normalized spacial score (nSPS) is 18.1. The number of amides is 1. The molecule has 51 heavy (non-hydrogen) atoms. The first-order valence-electron chi connectivity index (χ1n) is 16.8. The zero-order valence-electron chi connectivity index (χ0n) is 28.0. The maximum absolute atomic E-state index is 14.1. The zero-order chi connectivity index (χ0) is 35.7. The quantitative estimate of drug-likeness (QED) is 0.128. The van der Waals surface area contributed by atoms with E-state index in [0.717, 1.165) is 43.9 Å². The number of carbonyl (C=O) groups excluding carboxylic acids is 1. The summed E-state index contributed by atoms with van der Waals surface area (Å²) in [6.45, 7) is 8.01. The van der Waals surface area contributed by atoms with Crippen molar-refractivity contribution in [3.63, 3.8) is 0 Å². The second-order valence-corrected chi connectivity index (χ2v) is 13.9. The van der Waals surface area contributed by atoms with Crippen molar-refractivity contribution in [1.29, 1.82) is 0 Å². The van der Waals surface area contributed by atoms with Crippen LogP contribution in [0.3, 0.4) is 0 Å². The Morgan fingerprint density at radius 2 is 1.51 bits per heavy atom. The van der Waals surface area contributed by atoms with E-state index in [-0.39, 0.29) is 18.1 Å². The second-order valence-electron chi connectivity index (χ2n) is 12.2. The molecule has 1 amide bonds. The van der Waals surface area contributed by atoms with Gasteiger partial charge in [0.05, 0.1) is 43.5 Å². The molecule has 0 saturated carbocycles. The molecule has 0 atom stereocenters. The SMILES string of the molecule is O=C(O)c1ccc(OCCCN2C(=O)/C(=C/c3cc(-c4ccc(F)c(F)c4)ccc3OCCN3CCOCC3)SC2=S)c(CN2CCOCC2)c1. The minimum atomic E-state index is -1.00. The van der Waals surface area contributed by atoms with Crippen LogP contribution in [0, 0.1) is 11.6 Å². The number of thioether (sulfide) groups is 1. The number of carbonyl (C=O) groups is 2. The molecule has 3 aliphatic heterocycles. The van der Waals surface area contributed by atoms with Gasteiger partial charge < -0.3 is 24.1 Å². The van der Waals surface area contributed by atoms with E-state index in [4.69, 9.17) is 31.2 Å². The van der Waals surface area contributed by atoms with Crippen molar-refractivity contribution >= 4 is 46.3 Å². The predicted octanol–water partition coefficient (Wildman–Crippen LogP) is 5.54. The van der Waals surface area contributed by atoms with Gasteiger partial charge in [-0.3, -0.25) is 19.5 Å². The minimum Gasteiger partial charge on any atom is -0.493 e. The summed E-state index contributed by atoms with van der Waals surface area (Å²) in [5, 5.41) is 9.52. The highest BCUT2D eigenvalue weighted by atomic mass is 32.2. The molecule has 1 N–H and O–H groups in total. The Labute approximate surface area is 304 Å². The molecule has 6 rings (SSSR count). The van der Waals surface area contributed by atoms with Crippen molar-refractivity contribution in [1.82, 2.24) is 14.7 Å². The van der Waals surface area contributed by atoms with Crippen molar-refractivity contribution in [3.05, 3.63) is 87.8 Å². The van der Waals surface area contributed by atoms with Crippen LogP contribution in [0.15, 0.2) is 59.5 Å². The number of aromatic carboxylic acids is 1. The highest BCUT2D eigenvalue weighted by molar-refractivity contribution is 8.26. The molecular weight excluding hydrogens is 701 g/mol. The van der Waals surface area contributed by atoms with Gasteiger partial charge in [-0.25, -0.2) is 13.6 Å². The lowest BCUT2D eigenvalue weighted by Crippen LogP contribution is -2.38. The van der Waals surface area contributed by atoms with Crippen LogP contribution in [-0.2, 0) is 20.8 Å². The summed E-state index contributed by atoms with van der Waals surface area (Å²) in [5.41, 5.74) is 2.70. The summed E-state index contributed by atoms with van der Waals surface area (Å²) in [6.07, 6.45) is 2.21. The Balaban J connectivity index is 1.13. The number of hydrogen-bond acceptors (Lipinski definition) is 10. The van der Waals surface area contributed by atoms with Gasteiger partial charge in [-0.1, -0.05) is 36.1 Å². The van der Waals surface area contributed by atoms with Crippen LogP contribution in [-0.4, -0.2) is 115 Å². The standard InChI is InChI=1S/C37H39F2N3O7S2/c38-30-5-2-26(22-31(30)39)25-3-6-32(49-19-13-40-9-15-46-16-10-40)28(20-25)23-34-35(43)42(37(50)51-34)8-1-14-48-33-7-4-27(36(44)45)21-29(33)24-41-11-17-47-18-12-41/h2-7,20-23H,1,8-19,24H2,(H,44,45)/b34-23-. The van der Waals surface area contributed by atoms with E-state index >= 15 is 0 Å². The number of hydrogen-bond donors (Lipinski definition) is 1. The molecule has 0 aromatic heterocycles. The topological polar surface area (TPSA) is 101 Å². The number of nitrogens with zero attached hydrogens (tertiary/aromatic N) is 3. The van der Waals surface area contributed by atoms with Crippen molar-refractivity contribution in [2.75, 3.05) is 78.9 Å². The zero-order valence-corrected chi connectivity index (χ0v) is 29.6. The number of thiocarbonyl (C=S) groups is 1. The van der Waals surface area contributed by atoms with Gasteiger partial charge in [0.2, 0.25) is 0 Å². The summed E-state index contributed by atoms with van der Waals surface area (Å²) < 4.78 is 51.4. The van der Waals surface area contributed by atoms with Gasteiger partial charge in [0.25, 0.3) is 5.91 Å². The third kappa shape index (κ3) is 9.70. The van der Waals surface area contributed by atoms with Crippen LogP contribution >= 0.6 is 24.0 Å². The third-order valence-corrected chi connectivity index (χ3v) is 10.2. The largest absolute Gasteiger partial charge is 0.493 e. The van der Waals surface area contributed by atoms with E-state index in [1.54, 1.807) is 36.4 Å². The van der Waals surface area contributed by atoms with Gasteiger partial charge >= 0.3 is 5.97 Å². The molecule has 3 heterocycles. The molecule has 270 valence electrons. The van der Waals surface area contributed by atoms with Crippen LogP contribution in [0.25, 0.3) is 17.2 Å². The molecule has 3 aromatic rings. The van der Waals surface area contributed by atoms with Crippen LogP contribution in [0.4, 0.5) is 8.78 Å². The molecule has 0 unspecified atom stereocenters. The number of carboxylic acids is 1. The Morgan fingerprint density at radius 3 is 2.24 bits per heavy atom. The molecule has 3 aromatic carbocycles. The molecule has 0 aliphatic carbocycles. The van der Waals surface area contributed by atoms with Gasteiger partial charge in [-0.05, 0) is 66.1 Å². The third-order valence-electron chi connectivity index (χ3n) is 8.78. The van der Waals surface area contributed by atoms with E-state index in [1.165, 1.54) is 28.8 Å². The fourth-order valence-electron chi connectivity index (χ4n) is 5.97. The predicted molar refractivity (Wildman–Crippen MR) is 194 cm³/mol. The Morgan fingerprint density at radius 1 is 0.843 bits per heavy atom. The molecule has 10 nitrogen and oxygen atoms in total. The molecule has 3 aliphatic rings. The number of ether oxygens (including phenoxy) is 4. The molecule has 3 saturated heterocycles. The highest BCUT2D eigenvalue weighted by Gasteiger charge is 2.32. The Hall–Kier alpha value is -3.92. The first-order chi connectivity index (χ1) is 24.7. The van der Waals surface area contributed by atoms with Crippen molar-refractivity contribution < 1.29 is 42.4 Å². The Bertz CT molecular complexity index is 1780. The first kappa shape index (κ1) is 36.9. The maximum atomic E-state index is 14.1. The molecule has 0 radical (unpaired) electrons. The number of benzene rings is 3. The van der Waals surface area contributed by atoms with Crippen LogP contribution in [0.5, 0.6) is 11.5 Å². The monoisotopic (exact) mass is 739 g/mol. The summed E-state index contributed by atoms with van der Waals surface area (Å²) in [4.78, 5) is 31.6. The lowest BCUT2D eigenvalue weighted by Gasteiger charge is -2.27. The fourth-order valence-corrected chi connectivity index (χ4v) is 7.27. The Kier molecular flexibility index (Phi) is 12.7.